The van der Waals surface area contributed by atoms with Crippen LogP contribution in [0.2, 0.25) is 0 Å². The van der Waals surface area contributed by atoms with Crippen molar-refractivity contribution in [2.75, 3.05) is 7.11 Å². The lowest BCUT2D eigenvalue weighted by atomic mass is 9.85. The van der Waals surface area contributed by atoms with E-state index in [0.717, 1.165) is 30.8 Å². The number of aryl methyl sites for hydroxylation is 1. The summed E-state index contributed by atoms with van der Waals surface area (Å²) >= 11 is 0. The highest BCUT2D eigenvalue weighted by Gasteiger charge is 2.47. The third kappa shape index (κ3) is 3.64. The molecule has 6 nitrogen and oxygen atoms in total. The molecule has 144 valence electrons. The molecule has 1 aromatic heterocycles. The van der Waals surface area contributed by atoms with Gasteiger partial charge < -0.3 is 9.84 Å². The molecule has 0 amide bonds. The molecule has 2 aromatic rings. The van der Waals surface area contributed by atoms with E-state index in [1.165, 1.54) is 16.3 Å². The van der Waals surface area contributed by atoms with Crippen molar-refractivity contribution >= 4 is 0 Å². The molecule has 2 atom stereocenters. The van der Waals surface area contributed by atoms with E-state index in [0.29, 0.717) is 24.9 Å². The normalized spacial score (nSPS) is 27.7. The van der Waals surface area contributed by atoms with Gasteiger partial charge in [-0.15, -0.1) is 0 Å². The van der Waals surface area contributed by atoms with Crippen molar-refractivity contribution in [3.63, 3.8) is 0 Å². The first-order valence-corrected chi connectivity index (χ1v) is 9.62. The van der Waals surface area contributed by atoms with E-state index >= 15 is 0 Å². The van der Waals surface area contributed by atoms with Crippen LogP contribution in [-0.4, -0.2) is 44.6 Å². The first-order chi connectivity index (χ1) is 13.0. The second-order valence-corrected chi connectivity index (χ2v) is 7.97. The van der Waals surface area contributed by atoms with Gasteiger partial charge in [0.15, 0.2) is 0 Å². The van der Waals surface area contributed by atoms with Crippen molar-refractivity contribution in [1.82, 2.24) is 14.7 Å². The molecule has 1 aromatic carbocycles. The van der Waals surface area contributed by atoms with Gasteiger partial charge in [-0.25, -0.2) is 4.68 Å². The lowest BCUT2D eigenvalue weighted by Crippen LogP contribution is -2.53. The molecule has 2 aliphatic heterocycles. The molecule has 0 saturated carbocycles. The summed E-state index contributed by atoms with van der Waals surface area (Å²) in [6, 6.07) is 12.0. The number of fused-ring (bicyclic) bond motifs is 2. The zero-order valence-corrected chi connectivity index (χ0v) is 16.0. The number of hydrogen-bond donors (Lipinski definition) is 1. The Kier molecular flexibility index (Phi) is 4.78. The SMILES string of the molecule is COc1ccccc1CN1C2CCC1CC(O)(Cn1nc(C)ccc1=O)C2. The van der Waals surface area contributed by atoms with Crippen molar-refractivity contribution in [1.29, 1.82) is 0 Å². The van der Waals surface area contributed by atoms with Crippen LogP contribution in [-0.2, 0) is 13.1 Å². The van der Waals surface area contributed by atoms with Gasteiger partial charge in [0, 0.05) is 30.3 Å². The highest BCUT2D eigenvalue weighted by Crippen LogP contribution is 2.42. The van der Waals surface area contributed by atoms with Gasteiger partial charge in [-0.05, 0) is 44.7 Å². The largest absolute Gasteiger partial charge is 0.496 e. The molecular formula is C21H27N3O3. The van der Waals surface area contributed by atoms with E-state index < -0.39 is 5.60 Å². The molecule has 0 radical (unpaired) electrons. The van der Waals surface area contributed by atoms with Crippen LogP contribution in [0.15, 0.2) is 41.2 Å². The summed E-state index contributed by atoms with van der Waals surface area (Å²) in [5, 5.41) is 15.6. The number of methoxy groups -OCH3 is 1. The Bertz CT molecular complexity index is 865. The van der Waals surface area contributed by atoms with E-state index in [1.54, 1.807) is 13.2 Å². The number of rotatable bonds is 5. The third-order valence-corrected chi connectivity index (χ3v) is 5.99. The zero-order valence-electron chi connectivity index (χ0n) is 16.0. The highest BCUT2D eigenvalue weighted by atomic mass is 16.5. The van der Waals surface area contributed by atoms with Gasteiger partial charge in [-0.3, -0.25) is 9.69 Å². The second kappa shape index (κ2) is 7.09. The minimum Gasteiger partial charge on any atom is -0.496 e. The van der Waals surface area contributed by atoms with Crippen LogP contribution < -0.4 is 10.3 Å². The van der Waals surface area contributed by atoms with Gasteiger partial charge in [0.05, 0.1) is 24.9 Å². The summed E-state index contributed by atoms with van der Waals surface area (Å²) < 4.78 is 6.92. The standard InChI is InChI=1S/C21H27N3O3/c1-15-7-10-20(25)24(22-15)14-21(26)11-17-8-9-18(12-21)23(17)13-16-5-3-4-6-19(16)27-2/h3-7,10,17-18,26H,8-9,11-14H2,1-2H3. The minimum absolute atomic E-state index is 0.155. The quantitative estimate of drug-likeness (QED) is 0.874. The lowest BCUT2D eigenvalue weighted by Gasteiger charge is -2.44. The molecule has 2 unspecified atom stereocenters. The molecule has 2 aliphatic rings. The Morgan fingerprint density at radius 2 is 1.89 bits per heavy atom. The number of ether oxygens (including phenoxy) is 1. The number of benzene rings is 1. The molecular weight excluding hydrogens is 342 g/mol. The van der Waals surface area contributed by atoms with Gasteiger partial charge in [0.1, 0.15) is 5.75 Å². The van der Waals surface area contributed by atoms with Gasteiger partial charge in [-0.1, -0.05) is 18.2 Å². The van der Waals surface area contributed by atoms with Crippen molar-refractivity contribution in [2.24, 2.45) is 0 Å². The topological polar surface area (TPSA) is 67.6 Å². The summed E-state index contributed by atoms with van der Waals surface area (Å²) in [6.07, 6.45) is 3.50. The number of hydrogen-bond acceptors (Lipinski definition) is 5. The van der Waals surface area contributed by atoms with Crippen LogP contribution in [0.1, 0.15) is 36.9 Å². The molecule has 27 heavy (non-hydrogen) atoms. The van der Waals surface area contributed by atoms with E-state index in [9.17, 15) is 9.90 Å². The molecule has 3 heterocycles. The molecule has 0 spiro atoms. The summed E-state index contributed by atoms with van der Waals surface area (Å²) in [7, 11) is 1.70. The monoisotopic (exact) mass is 369 g/mol. The van der Waals surface area contributed by atoms with Crippen LogP contribution in [0.4, 0.5) is 0 Å². The first kappa shape index (κ1) is 18.2. The highest BCUT2D eigenvalue weighted by molar-refractivity contribution is 5.33. The second-order valence-electron chi connectivity index (χ2n) is 7.97. The van der Waals surface area contributed by atoms with E-state index in [2.05, 4.69) is 16.1 Å². The summed E-state index contributed by atoms with van der Waals surface area (Å²) in [5.74, 6) is 0.910. The third-order valence-electron chi connectivity index (χ3n) is 5.99. The number of piperidine rings is 1. The predicted octanol–water partition coefficient (Wildman–Crippen LogP) is 2.12. The van der Waals surface area contributed by atoms with Crippen LogP contribution >= 0.6 is 0 Å². The summed E-state index contributed by atoms with van der Waals surface area (Å²) in [4.78, 5) is 14.6. The van der Waals surface area contributed by atoms with E-state index in [-0.39, 0.29) is 12.1 Å². The molecule has 2 fully saturated rings. The van der Waals surface area contributed by atoms with Crippen LogP contribution in [0.5, 0.6) is 5.75 Å². The van der Waals surface area contributed by atoms with Crippen molar-refractivity contribution in [3.05, 3.63) is 58.0 Å². The maximum Gasteiger partial charge on any atom is 0.266 e. The average molecular weight is 369 g/mol. The lowest BCUT2D eigenvalue weighted by molar-refractivity contribution is -0.0678. The molecule has 1 N–H and O–H groups in total. The van der Waals surface area contributed by atoms with Crippen molar-refractivity contribution in [2.45, 2.75) is 63.4 Å². The van der Waals surface area contributed by atoms with Crippen molar-refractivity contribution in [3.8, 4) is 5.75 Å². The Labute approximate surface area is 159 Å². The van der Waals surface area contributed by atoms with Crippen LogP contribution in [0.25, 0.3) is 0 Å². The fourth-order valence-corrected chi connectivity index (χ4v) is 4.77. The number of para-hydroxylation sites is 1. The predicted molar refractivity (Wildman–Crippen MR) is 103 cm³/mol. The minimum atomic E-state index is -0.881. The van der Waals surface area contributed by atoms with Gasteiger partial charge in [-0.2, -0.15) is 5.10 Å². The van der Waals surface area contributed by atoms with Gasteiger partial charge >= 0.3 is 0 Å². The van der Waals surface area contributed by atoms with E-state index in [1.807, 2.05) is 25.1 Å². The Morgan fingerprint density at radius 3 is 2.59 bits per heavy atom. The number of nitrogens with zero attached hydrogens (tertiary/aromatic N) is 3. The summed E-state index contributed by atoms with van der Waals surface area (Å²) in [5.41, 5.74) is 0.930. The molecule has 2 bridgehead atoms. The van der Waals surface area contributed by atoms with Gasteiger partial charge in [0.2, 0.25) is 0 Å². The molecule has 4 rings (SSSR count). The maximum absolute atomic E-state index is 12.1. The first-order valence-electron chi connectivity index (χ1n) is 9.62. The molecule has 0 aliphatic carbocycles. The Morgan fingerprint density at radius 1 is 1.19 bits per heavy atom. The fraction of sp³-hybridized carbons (Fsp3) is 0.524. The van der Waals surface area contributed by atoms with E-state index in [4.69, 9.17) is 4.74 Å². The van der Waals surface area contributed by atoms with Crippen LogP contribution in [0, 0.1) is 6.92 Å². The average Bonchev–Trinajstić information content (AvgIpc) is 2.89. The zero-order chi connectivity index (χ0) is 19.0. The van der Waals surface area contributed by atoms with Gasteiger partial charge in [0.25, 0.3) is 5.56 Å². The van der Waals surface area contributed by atoms with Crippen LogP contribution in [0.3, 0.4) is 0 Å². The molecule has 2 saturated heterocycles. The number of aromatic nitrogens is 2. The van der Waals surface area contributed by atoms with Crippen molar-refractivity contribution < 1.29 is 9.84 Å². The Balaban J connectivity index is 1.51. The smallest absolute Gasteiger partial charge is 0.266 e. The summed E-state index contributed by atoms with van der Waals surface area (Å²) in [6.45, 7) is 2.96. The Hall–Kier alpha value is -2.18. The number of aliphatic hydroxyl groups is 1. The fourth-order valence-electron chi connectivity index (χ4n) is 4.77. The molecule has 6 heteroatoms. The maximum atomic E-state index is 12.1.